The molecule has 2 aromatic heterocycles. The van der Waals surface area contributed by atoms with Gasteiger partial charge in [-0.25, -0.2) is 23.5 Å². The average molecular weight is 566 g/mol. The number of amides is 1. The maximum Gasteiger partial charge on any atom is 0.407 e. The van der Waals surface area contributed by atoms with E-state index < -0.39 is 29.6 Å². The van der Waals surface area contributed by atoms with Crippen LogP contribution in [0.4, 0.5) is 15.0 Å². The fraction of sp³-hybridized carbons (Fsp3) is 0.417. The van der Waals surface area contributed by atoms with Crippen LogP contribution in [0.1, 0.15) is 50.7 Å². The highest BCUT2D eigenvalue weighted by Gasteiger charge is 2.21. The van der Waals surface area contributed by atoms with Gasteiger partial charge < -0.3 is 24.8 Å². The normalized spacial score (nSPS) is 12.3. The zero-order valence-electron chi connectivity index (χ0n) is 20.7. The Morgan fingerprint density at radius 1 is 1.28 bits per heavy atom. The second kappa shape index (κ2) is 11.1. The van der Waals surface area contributed by atoms with Gasteiger partial charge >= 0.3 is 12.1 Å². The van der Waals surface area contributed by atoms with Crippen LogP contribution in [0.5, 0.6) is 5.75 Å². The number of aromatic carboxylic acids is 1. The van der Waals surface area contributed by atoms with Crippen LogP contribution in [-0.4, -0.2) is 56.6 Å². The van der Waals surface area contributed by atoms with Gasteiger partial charge in [-0.1, -0.05) is 0 Å². The number of carbonyl (C=O) groups excluding carboxylic acids is 1. The molecule has 10 nitrogen and oxygen atoms in total. The van der Waals surface area contributed by atoms with E-state index in [4.69, 9.17) is 9.47 Å². The van der Waals surface area contributed by atoms with Crippen molar-refractivity contribution in [2.24, 2.45) is 0 Å². The number of rotatable bonds is 9. The lowest BCUT2D eigenvalue weighted by atomic mass is 10.1. The molecule has 0 fully saturated rings. The van der Waals surface area contributed by atoms with Crippen molar-refractivity contribution in [1.82, 2.24) is 19.9 Å². The number of anilines is 1. The molecule has 2 N–H and O–H groups in total. The number of carboxylic acids is 1. The van der Waals surface area contributed by atoms with Crippen LogP contribution >= 0.6 is 15.9 Å². The molecule has 194 valence electrons. The van der Waals surface area contributed by atoms with Crippen molar-refractivity contribution in [2.75, 3.05) is 18.0 Å². The van der Waals surface area contributed by atoms with Crippen molar-refractivity contribution in [1.29, 1.82) is 0 Å². The molecule has 3 aromatic rings. The summed E-state index contributed by atoms with van der Waals surface area (Å²) in [6.07, 6.45) is 0.242. The topological polar surface area (TPSA) is 118 Å². The molecule has 1 amide bonds. The predicted molar refractivity (Wildman–Crippen MR) is 135 cm³/mol. The number of imidazole rings is 1. The summed E-state index contributed by atoms with van der Waals surface area (Å²) < 4.78 is 27.3. The highest BCUT2D eigenvalue weighted by atomic mass is 79.9. The van der Waals surface area contributed by atoms with Gasteiger partial charge in [0.25, 0.3) is 0 Å². The molecule has 12 heteroatoms. The van der Waals surface area contributed by atoms with Crippen LogP contribution in [-0.2, 0) is 11.3 Å². The molecule has 3 rings (SSSR count). The molecule has 0 bridgehead atoms. The summed E-state index contributed by atoms with van der Waals surface area (Å²) in [6.45, 7) is 9.89. The number of carboxylic acid groups (broad SMARTS) is 1. The molecule has 36 heavy (non-hydrogen) atoms. The van der Waals surface area contributed by atoms with Crippen LogP contribution in [0, 0.1) is 5.82 Å². The van der Waals surface area contributed by atoms with Crippen LogP contribution in [0.15, 0.2) is 34.9 Å². The highest BCUT2D eigenvalue weighted by Crippen LogP contribution is 2.32. The summed E-state index contributed by atoms with van der Waals surface area (Å²) in [5, 5.41) is 16.5. The van der Waals surface area contributed by atoms with Gasteiger partial charge in [-0.2, -0.15) is 0 Å². The van der Waals surface area contributed by atoms with Crippen molar-refractivity contribution < 1.29 is 28.6 Å². The van der Waals surface area contributed by atoms with Crippen LogP contribution < -0.4 is 15.0 Å². The van der Waals surface area contributed by atoms with E-state index in [2.05, 4.69) is 31.3 Å². The van der Waals surface area contributed by atoms with Crippen molar-refractivity contribution in [3.8, 4) is 5.75 Å². The Morgan fingerprint density at radius 3 is 2.64 bits per heavy atom. The van der Waals surface area contributed by atoms with Gasteiger partial charge in [0.15, 0.2) is 11.3 Å². The van der Waals surface area contributed by atoms with Crippen molar-refractivity contribution in [2.45, 2.75) is 52.9 Å². The molecule has 1 atom stereocenters. The molecule has 0 saturated carbocycles. The lowest BCUT2D eigenvalue weighted by Gasteiger charge is -2.26. The zero-order valence-corrected chi connectivity index (χ0v) is 22.3. The molecular formula is C24H29BrFN5O5. The number of hydrogen-bond donors (Lipinski definition) is 2. The molecule has 0 saturated heterocycles. The van der Waals surface area contributed by atoms with Crippen molar-refractivity contribution in [3.63, 3.8) is 0 Å². The molecule has 0 aliphatic rings. The summed E-state index contributed by atoms with van der Waals surface area (Å²) in [4.78, 5) is 29.4. The lowest BCUT2D eigenvalue weighted by Crippen LogP contribution is -2.37. The molecule has 2 heterocycles. The summed E-state index contributed by atoms with van der Waals surface area (Å²) in [5.41, 5.74) is 0.248. The van der Waals surface area contributed by atoms with Crippen LogP contribution in [0.25, 0.3) is 5.65 Å². The number of alkyl carbamates (subject to hydrolysis) is 1. The van der Waals surface area contributed by atoms with E-state index in [1.54, 1.807) is 39.8 Å². The minimum absolute atomic E-state index is 0.0647. The van der Waals surface area contributed by atoms with Crippen LogP contribution in [0.3, 0.4) is 0 Å². The largest absolute Gasteiger partial charge is 0.488 e. The standard InChI is InChI=1S/C24H29BrFN5O5/c1-6-30(20-10-9-19-27-12-17(22(32)33)31(19)29-20)13-15-18(8-7-16(26)21(15)25)35-14(2)11-28-23(34)36-24(3,4)5/h7-10,12,14H,6,11,13H2,1-5H3,(H,28,34)(H,32,33)/t14-/m0/s1. The molecule has 0 aliphatic heterocycles. The monoisotopic (exact) mass is 565 g/mol. The number of carbonyl (C=O) groups is 2. The lowest BCUT2D eigenvalue weighted by molar-refractivity contribution is 0.0504. The van der Waals surface area contributed by atoms with Gasteiger partial charge in [-0.15, -0.1) is 5.10 Å². The minimum Gasteiger partial charge on any atom is -0.488 e. The fourth-order valence-electron chi connectivity index (χ4n) is 3.36. The number of aromatic nitrogens is 3. The van der Waals surface area contributed by atoms with Gasteiger partial charge in [-0.3, -0.25) is 0 Å². The second-order valence-corrected chi connectivity index (χ2v) is 9.87. The number of nitrogens with zero attached hydrogens (tertiary/aromatic N) is 4. The Kier molecular flexibility index (Phi) is 8.39. The summed E-state index contributed by atoms with van der Waals surface area (Å²) >= 11 is 3.33. The van der Waals surface area contributed by atoms with Crippen molar-refractivity contribution >= 4 is 39.5 Å². The quantitative estimate of drug-likeness (QED) is 0.385. The first-order chi connectivity index (χ1) is 16.9. The summed E-state index contributed by atoms with van der Waals surface area (Å²) in [6, 6.07) is 6.21. The van der Waals surface area contributed by atoms with E-state index in [0.717, 1.165) is 0 Å². The van der Waals surface area contributed by atoms with Crippen molar-refractivity contribution in [3.05, 3.63) is 52.0 Å². The predicted octanol–water partition coefficient (Wildman–Crippen LogP) is 4.65. The zero-order chi connectivity index (χ0) is 26.6. The van der Waals surface area contributed by atoms with E-state index in [1.165, 1.54) is 22.8 Å². The molecule has 0 unspecified atom stereocenters. The van der Waals surface area contributed by atoms with E-state index in [9.17, 15) is 19.1 Å². The number of hydrogen-bond acceptors (Lipinski definition) is 7. The van der Waals surface area contributed by atoms with Gasteiger partial charge in [0, 0.05) is 18.7 Å². The number of ether oxygens (including phenoxy) is 2. The first-order valence-electron chi connectivity index (χ1n) is 11.3. The molecule has 0 spiro atoms. The SMILES string of the molecule is CCN(Cc1c(O[C@@H](C)CNC(=O)OC(C)(C)C)ccc(F)c1Br)c1ccc2ncc(C(=O)O)n2n1. The first-order valence-corrected chi connectivity index (χ1v) is 12.1. The number of benzene rings is 1. The summed E-state index contributed by atoms with van der Waals surface area (Å²) in [5.74, 6) is -0.700. The third kappa shape index (κ3) is 6.62. The average Bonchev–Trinajstić information content (AvgIpc) is 3.22. The van der Waals surface area contributed by atoms with E-state index in [1.807, 2.05) is 11.8 Å². The maximum atomic E-state index is 14.5. The smallest absolute Gasteiger partial charge is 0.407 e. The Labute approximate surface area is 216 Å². The number of fused-ring (bicyclic) bond motifs is 1. The van der Waals surface area contributed by atoms with E-state index >= 15 is 0 Å². The second-order valence-electron chi connectivity index (χ2n) is 9.07. The summed E-state index contributed by atoms with van der Waals surface area (Å²) in [7, 11) is 0. The third-order valence-corrected chi connectivity index (χ3v) is 5.89. The fourth-order valence-corrected chi connectivity index (χ4v) is 3.81. The Morgan fingerprint density at radius 2 is 2.00 bits per heavy atom. The molecular weight excluding hydrogens is 537 g/mol. The Balaban J connectivity index is 1.82. The maximum absolute atomic E-state index is 14.5. The molecule has 0 radical (unpaired) electrons. The Bertz CT molecular complexity index is 1260. The third-order valence-electron chi connectivity index (χ3n) is 5.04. The minimum atomic E-state index is -1.15. The van der Waals surface area contributed by atoms with Gasteiger partial charge in [0.2, 0.25) is 0 Å². The molecule has 1 aromatic carbocycles. The van der Waals surface area contributed by atoms with Crippen LogP contribution in [0.2, 0.25) is 0 Å². The highest BCUT2D eigenvalue weighted by molar-refractivity contribution is 9.10. The number of nitrogens with one attached hydrogen (secondary N) is 1. The van der Waals surface area contributed by atoms with E-state index in [0.29, 0.717) is 29.3 Å². The van der Waals surface area contributed by atoms with Gasteiger partial charge in [-0.05, 0) is 74.8 Å². The Hall–Kier alpha value is -3.41. The van der Waals surface area contributed by atoms with Gasteiger partial charge in [0.1, 0.15) is 29.1 Å². The van der Waals surface area contributed by atoms with Gasteiger partial charge in [0.05, 0.1) is 17.2 Å². The molecule has 0 aliphatic carbocycles. The first kappa shape index (κ1) is 27.2. The van der Waals surface area contributed by atoms with E-state index in [-0.39, 0.29) is 23.3 Å². The number of halogens is 2.